The van der Waals surface area contributed by atoms with Crippen LogP contribution in [0.15, 0.2) is 11.5 Å². The van der Waals surface area contributed by atoms with Crippen LogP contribution in [0, 0.1) is 0 Å². The number of aliphatic hydroxyl groups excluding tert-OH is 1. The highest BCUT2D eigenvalue weighted by atomic mass is 79.9. The topological polar surface area (TPSA) is 33.1 Å². The molecule has 12 heavy (non-hydrogen) atoms. The van der Waals surface area contributed by atoms with Gasteiger partial charge in [0, 0.05) is 10.7 Å². The monoisotopic (exact) mass is 247 g/mol. The molecular formula is C8H10BrNOS. The van der Waals surface area contributed by atoms with Crippen molar-refractivity contribution in [2.75, 3.05) is 5.33 Å². The van der Waals surface area contributed by atoms with Gasteiger partial charge in [-0.1, -0.05) is 22.0 Å². The van der Waals surface area contributed by atoms with E-state index in [1.807, 2.05) is 11.5 Å². The second-order valence-corrected chi connectivity index (χ2v) is 3.90. The van der Waals surface area contributed by atoms with E-state index in [0.29, 0.717) is 0 Å². The standard InChI is InChI=1S/C8H10BrNOS/c9-4-2-1-3-8-10-7(5-11)6-12-8/h1,3,6,11H,2,4-5H2. The van der Waals surface area contributed by atoms with E-state index in [-0.39, 0.29) is 6.61 Å². The molecule has 0 bridgehead atoms. The van der Waals surface area contributed by atoms with E-state index >= 15 is 0 Å². The van der Waals surface area contributed by atoms with Gasteiger partial charge in [0.15, 0.2) is 0 Å². The van der Waals surface area contributed by atoms with Crippen LogP contribution < -0.4 is 0 Å². The van der Waals surface area contributed by atoms with E-state index in [4.69, 9.17) is 5.11 Å². The maximum atomic E-state index is 8.74. The van der Waals surface area contributed by atoms with Gasteiger partial charge in [0.1, 0.15) is 5.01 Å². The first-order chi connectivity index (χ1) is 5.86. The minimum absolute atomic E-state index is 0.0305. The molecule has 66 valence electrons. The maximum Gasteiger partial charge on any atom is 0.116 e. The van der Waals surface area contributed by atoms with Gasteiger partial charge >= 0.3 is 0 Å². The number of rotatable bonds is 4. The van der Waals surface area contributed by atoms with Crippen molar-refractivity contribution in [3.05, 3.63) is 22.2 Å². The number of aromatic nitrogens is 1. The van der Waals surface area contributed by atoms with Crippen LogP contribution in [-0.2, 0) is 6.61 Å². The Morgan fingerprint density at radius 3 is 3.08 bits per heavy atom. The van der Waals surface area contributed by atoms with Crippen LogP contribution in [0.5, 0.6) is 0 Å². The zero-order chi connectivity index (χ0) is 8.81. The molecule has 0 saturated carbocycles. The molecule has 1 aromatic heterocycles. The van der Waals surface area contributed by atoms with Crippen molar-refractivity contribution < 1.29 is 5.11 Å². The van der Waals surface area contributed by atoms with Gasteiger partial charge < -0.3 is 5.11 Å². The number of alkyl halides is 1. The van der Waals surface area contributed by atoms with Gasteiger partial charge in [-0.05, 0) is 12.5 Å². The summed E-state index contributed by atoms with van der Waals surface area (Å²) in [5.74, 6) is 0. The minimum atomic E-state index is 0.0305. The Labute approximate surface area is 84.1 Å². The molecular weight excluding hydrogens is 238 g/mol. The third-order valence-electron chi connectivity index (χ3n) is 1.27. The van der Waals surface area contributed by atoms with Gasteiger partial charge in [-0.2, -0.15) is 0 Å². The Hall–Kier alpha value is -0.190. The van der Waals surface area contributed by atoms with E-state index < -0.39 is 0 Å². The van der Waals surface area contributed by atoms with Crippen LogP contribution in [0.3, 0.4) is 0 Å². The molecule has 1 rings (SSSR count). The second-order valence-electron chi connectivity index (χ2n) is 2.22. The van der Waals surface area contributed by atoms with Gasteiger partial charge in [0.25, 0.3) is 0 Å². The minimum Gasteiger partial charge on any atom is -0.390 e. The molecule has 0 aliphatic rings. The fourth-order valence-corrected chi connectivity index (χ4v) is 1.71. The third-order valence-corrected chi connectivity index (χ3v) is 2.58. The largest absolute Gasteiger partial charge is 0.390 e. The molecule has 0 spiro atoms. The molecule has 0 saturated heterocycles. The molecule has 0 aliphatic carbocycles. The summed E-state index contributed by atoms with van der Waals surface area (Å²) in [6, 6.07) is 0. The van der Waals surface area contributed by atoms with Crippen LogP contribution in [0.2, 0.25) is 0 Å². The van der Waals surface area contributed by atoms with Crippen molar-refractivity contribution in [3.63, 3.8) is 0 Å². The predicted molar refractivity (Wildman–Crippen MR) is 55.5 cm³/mol. The molecule has 1 aromatic rings. The molecule has 4 heteroatoms. The van der Waals surface area contributed by atoms with Crippen molar-refractivity contribution in [2.45, 2.75) is 13.0 Å². The first-order valence-corrected chi connectivity index (χ1v) is 5.64. The molecule has 0 radical (unpaired) electrons. The number of nitrogens with zero attached hydrogens (tertiary/aromatic N) is 1. The van der Waals surface area contributed by atoms with Crippen molar-refractivity contribution in [1.82, 2.24) is 4.98 Å². The summed E-state index contributed by atoms with van der Waals surface area (Å²) in [5.41, 5.74) is 0.749. The number of allylic oxidation sites excluding steroid dienone is 1. The Kier molecular flexibility index (Phi) is 4.50. The fourth-order valence-electron chi connectivity index (χ4n) is 0.719. The Morgan fingerprint density at radius 1 is 1.67 bits per heavy atom. The number of halogens is 1. The van der Waals surface area contributed by atoms with Gasteiger partial charge in [0.05, 0.1) is 12.3 Å². The van der Waals surface area contributed by atoms with Crippen molar-refractivity contribution >= 4 is 33.3 Å². The highest BCUT2D eigenvalue weighted by Crippen LogP contribution is 2.11. The van der Waals surface area contributed by atoms with Gasteiger partial charge in [-0.3, -0.25) is 0 Å². The van der Waals surface area contributed by atoms with E-state index in [0.717, 1.165) is 22.5 Å². The number of aliphatic hydroxyl groups is 1. The number of hydrogen-bond acceptors (Lipinski definition) is 3. The summed E-state index contributed by atoms with van der Waals surface area (Å²) < 4.78 is 0. The molecule has 0 amide bonds. The van der Waals surface area contributed by atoms with E-state index in [9.17, 15) is 0 Å². The quantitative estimate of drug-likeness (QED) is 0.830. The highest BCUT2D eigenvalue weighted by molar-refractivity contribution is 9.09. The maximum absolute atomic E-state index is 8.74. The second kappa shape index (κ2) is 5.45. The average Bonchev–Trinajstić information content (AvgIpc) is 2.53. The van der Waals surface area contributed by atoms with Crippen LogP contribution in [0.1, 0.15) is 17.1 Å². The molecule has 1 heterocycles. The average molecular weight is 248 g/mol. The lowest BCUT2D eigenvalue weighted by atomic mass is 10.4. The lowest BCUT2D eigenvalue weighted by molar-refractivity contribution is 0.277. The van der Waals surface area contributed by atoms with Crippen LogP contribution in [-0.4, -0.2) is 15.4 Å². The molecule has 0 aliphatic heterocycles. The highest BCUT2D eigenvalue weighted by Gasteiger charge is 1.95. The van der Waals surface area contributed by atoms with Crippen LogP contribution >= 0.6 is 27.3 Å². The molecule has 0 atom stereocenters. The van der Waals surface area contributed by atoms with E-state index in [1.54, 1.807) is 11.3 Å². The van der Waals surface area contributed by atoms with Crippen LogP contribution in [0.25, 0.3) is 6.08 Å². The Balaban J connectivity index is 2.51. The fraction of sp³-hybridized carbons (Fsp3) is 0.375. The van der Waals surface area contributed by atoms with Crippen molar-refractivity contribution in [2.24, 2.45) is 0 Å². The Morgan fingerprint density at radius 2 is 2.50 bits per heavy atom. The summed E-state index contributed by atoms with van der Waals surface area (Å²) in [5, 5.41) is 12.5. The normalized spacial score (nSPS) is 11.2. The smallest absolute Gasteiger partial charge is 0.116 e. The molecule has 1 N–H and O–H groups in total. The van der Waals surface area contributed by atoms with E-state index in [1.165, 1.54) is 0 Å². The molecule has 0 unspecified atom stereocenters. The summed E-state index contributed by atoms with van der Waals surface area (Å²) in [6.07, 6.45) is 5.05. The van der Waals surface area contributed by atoms with Crippen molar-refractivity contribution in [3.8, 4) is 0 Å². The van der Waals surface area contributed by atoms with Crippen molar-refractivity contribution in [1.29, 1.82) is 0 Å². The van der Waals surface area contributed by atoms with Gasteiger partial charge in [0.2, 0.25) is 0 Å². The first kappa shape index (κ1) is 9.89. The lowest BCUT2D eigenvalue weighted by Gasteiger charge is -1.83. The zero-order valence-electron chi connectivity index (χ0n) is 6.53. The summed E-state index contributed by atoms with van der Waals surface area (Å²) in [6.45, 7) is 0.0305. The summed E-state index contributed by atoms with van der Waals surface area (Å²) in [7, 11) is 0. The molecule has 0 fully saturated rings. The first-order valence-electron chi connectivity index (χ1n) is 3.64. The molecule has 2 nitrogen and oxygen atoms in total. The lowest BCUT2D eigenvalue weighted by Crippen LogP contribution is -1.80. The Bertz CT molecular complexity index is 259. The predicted octanol–water partition coefficient (Wildman–Crippen LogP) is 2.43. The van der Waals surface area contributed by atoms with Crippen LogP contribution in [0.4, 0.5) is 0 Å². The number of hydrogen-bond donors (Lipinski definition) is 1. The zero-order valence-corrected chi connectivity index (χ0v) is 8.94. The van der Waals surface area contributed by atoms with E-state index in [2.05, 4.69) is 27.0 Å². The third kappa shape index (κ3) is 3.05. The molecule has 0 aromatic carbocycles. The summed E-state index contributed by atoms with van der Waals surface area (Å²) in [4.78, 5) is 4.17. The SMILES string of the molecule is OCc1csc(C=CCCBr)n1. The van der Waals surface area contributed by atoms with Gasteiger partial charge in [-0.15, -0.1) is 11.3 Å². The number of thiazole rings is 1. The summed E-state index contributed by atoms with van der Waals surface area (Å²) >= 11 is 4.88. The van der Waals surface area contributed by atoms with Gasteiger partial charge in [-0.25, -0.2) is 4.98 Å².